The Morgan fingerprint density at radius 3 is 2.50 bits per heavy atom. The van der Waals surface area contributed by atoms with Gasteiger partial charge in [-0.1, -0.05) is 42.5 Å². The van der Waals surface area contributed by atoms with Crippen LogP contribution in [0.3, 0.4) is 0 Å². The molecule has 2 aliphatic heterocycles. The first-order valence-corrected chi connectivity index (χ1v) is 12.8. The van der Waals surface area contributed by atoms with Crippen molar-refractivity contribution in [3.05, 3.63) is 66.0 Å². The largest absolute Gasteiger partial charge is 0.488 e. The number of carbonyl (C=O) groups is 4. The van der Waals surface area contributed by atoms with Crippen molar-refractivity contribution in [2.24, 2.45) is 10.5 Å². The Kier molecular flexibility index (Phi) is 8.08. The summed E-state index contributed by atoms with van der Waals surface area (Å²) < 4.78 is 19.8. The average Bonchev–Trinajstić information content (AvgIpc) is 3.15. The van der Waals surface area contributed by atoms with Gasteiger partial charge in [-0.25, -0.2) is 14.2 Å². The number of hydrogen-bond acceptors (Lipinski definition) is 6. The van der Waals surface area contributed by atoms with Gasteiger partial charge in [0.25, 0.3) is 5.91 Å². The number of nitrogens with one attached hydrogen (secondary N) is 2. The zero-order chi connectivity index (χ0) is 29.1. The first kappa shape index (κ1) is 28.5. The molecular weight excluding hydrogens is 521 g/mol. The second-order valence-electron chi connectivity index (χ2n) is 10.5. The molecule has 212 valence electrons. The van der Waals surface area contributed by atoms with Crippen molar-refractivity contribution in [2.75, 3.05) is 26.7 Å². The van der Waals surface area contributed by atoms with E-state index in [-0.39, 0.29) is 24.7 Å². The molecule has 0 bridgehead atoms. The molecule has 11 nitrogen and oxygen atoms in total. The fourth-order valence-corrected chi connectivity index (χ4v) is 5.01. The van der Waals surface area contributed by atoms with Gasteiger partial charge >= 0.3 is 6.09 Å². The van der Waals surface area contributed by atoms with Gasteiger partial charge in [0, 0.05) is 26.6 Å². The first-order chi connectivity index (χ1) is 18.9. The van der Waals surface area contributed by atoms with Crippen LogP contribution in [0.5, 0.6) is 5.75 Å². The van der Waals surface area contributed by atoms with Gasteiger partial charge in [-0.3, -0.25) is 14.4 Å². The van der Waals surface area contributed by atoms with Gasteiger partial charge in [0.1, 0.15) is 23.6 Å². The summed E-state index contributed by atoms with van der Waals surface area (Å²) in [5.74, 6) is -2.32. The number of fused-ring (bicyclic) bond motifs is 1. The lowest BCUT2D eigenvalue weighted by atomic mass is 9.73. The Labute approximate surface area is 231 Å². The molecule has 2 aromatic carbocycles. The third-order valence-corrected chi connectivity index (χ3v) is 7.10. The van der Waals surface area contributed by atoms with Crippen molar-refractivity contribution in [1.82, 2.24) is 20.5 Å². The van der Waals surface area contributed by atoms with Gasteiger partial charge in [0.2, 0.25) is 11.8 Å². The fourth-order valence-electron chi connectivity index (χ4n) is 5.01. The number of carboxylic acid groups (broad SMARTS) is 1. The van der Waals surface area contributed by atoms with Crippen LogP contribution in [0.4, 0.5) is 9.18 Å². The molecule has 0 aliphatic carbocycles. The maximum absolute atomic E-state index is 14.2. The minimum atomic E-state index is -1.58. The number of amides is 4. The number of ether oxygens (including phenoxy) is 1. The van der Waals surface area contributed by atoms with Gasteiger partial charge in [0.15, 0.2) is 11.6 Å². The number of rotatable bonds is 9. The van der Waals surface area contributed by atoms with Gasteiger partial charge in [-0.2, -0.15) is 5.10 Å². The fraction of sp³-hybridized carbons (Fsp3) is 0.393. The van der Waals surface area contributed by atoms with Crippen LogP contribution in [0.25, 0.3) is 0 Å². The molecule has 0 radical (unpaired) electrons. The predicted molar refractivity (Wildman–Crippen MR) is 143 cm³/mol. The molecule has 0 aromatic heterocycles. The maximum Gasteiger partial charge on any atom is 0.405 e. The highest BCUT2D eigenvalue weighted by molar-refractivity contribution is 6.13. The molecule has 40 heavy (non-hydrogen) atoms. The number of nitrogens with zero attached hydrogens (tertiary/aromatic N) is 3. The third-order valence-electron chi connectivity index (χ3n) is 7.10. The van der Waals surface area contributed by atoms with Crippen LogP contribution >= 0.6 is 0 Å². The molecule has 4 amide bonds. The average molecular weight is 554 g/mol. The Hall–Kier alpha value is -4.48. The van der Waals surface area contributed by atoms with Crippen LogP contribution < -0.4 is 15.4 Å². The second-order valence-corrected chi connectivity index (χ2v) is 10.5. The topological polar surface area (TPSA) is 141 Å². The minimum absolute atomic E-state index is 0.0194. The van der Waals surface area contributed by atoms with E-state index in [1.807, 2.05) is 30.3 Å². The van der Waals surface area contributed by atoms with Crippen molar-refractivity contribution in [1.29, 1.82) is 0 Å². The van der Waals surface area contributed by atoms with E-state index in [4.69, 9.17) is 9.84 Å². The summed E-state index contributed by atoms with van der Waals surface area (Å²) in [5, 5.41) is 19.6. The Bertz CT molecular complexity index is 1330. The Morgan fingerprint density at radius 2 is 1.82 bits per heavy atom. The van der Waals surface area contributed by atoms with Crippen LogP contribution in [0.2, 0.25) is 0 Å². The molecular formula is C28H32FN5O6. The lowest BCUT2D eigenvalue weighted by Gasteiger charge is -2.40. The summed E-state index contributed by atoms with van der Waals surface area (Å²) in [6.07, 6.45) is -0.742. The summed E-state index contributed by atoms with van der Waals surface area (Å²) in [6.45, 7) is 2.53. The van der Waals surface area contributed by atoms with Crippen LogP contribution in [-0.2, 0) is 20.8 Å². The summed E-state index contributed by atoms with van der Waals surface area (Å²) in [7, 11) is 1.58. The number of likely N-dealkylation sites (tertiary alicyclic amines) is 1. The molecule has 1 fully saturated rings. The summed E-state index contributed by atoms with van der Waals surface area (Å²) >= 11 is 0. The first-order valence-electron chi connectivity index (χ1n) is 12.8. The van der Waals surface area contributed by atoms with Crippen LogP contribution in [-0.4, -0.2) is 82.9 Å². The molecule has 12 heteroatoms. The van der Waals surface area contributed by atoms with E-state index in [0.717, 1.165) is 5.56 Å². The lowest BCUT2D eigenvalue weighted by molar-refractivity contribution is -0.143. The van der Waals surface area contributed by atoms with Crippen molar-refractivity contribution in [2.45, 2.75) is 38.3 Å². The van der Waals surface area contributed by atoms with Crippen LogP contribution in [0, 0.1) is 11.2 Å². The van der Waals surface area contributed by atoms with Crippen molar-refractivity contribution >= 4 is 29.5 Å². The number of para-hydroxylation sites is 1. The number of halogens is 1. The summed E-state index contributed by atoms with van der Waals surface area (Å²) in [6, 6.07) is 13.8. The van der Waals surface area contributed by atoms with Gasteiger partial charge in [0.05, 0.1) is 5.71 Å². The van der Waals surface area contributed by atoms with Crippen LogP contribution in [0.1, 0.15) is 25.8 Å². The SMILES string of the molecule is CN1N=C2CCN(C(=O)C(COc3ccccc3F)NC(=O)C(C)(C)NC(=O)O)CC2(Cc2ccccc2)C1=O. The van der Waals surface area contributed by atoms with E-state index < -0.39 is 47.3 Å². The molecule has 0 spiro atoms. The molecule has 2 atom stereocenters. The van der Waals surface area contributed by atoms with Crippen molar-refractivity contribution in [3.8, 4) is 5.75 Å². The summed E-state index contributed by atoms with van der Waals surface area (Å²) in [5.41, 5.74) is -1.07. The van der Waals surface area contributed by atoms with E-state index in [2.05, 4.69) is 15.7 Å². The minimum Gasteiger partial charge on any atom is -0.488 e. The number of hydrogen-bond donors (Lipinski definition) is 3. The quantitative estimate of drug-likeness (QED) is 0.434. The number of benzene rings is 2. The Morgan fingerprint density at radius 1 is 1.15 bits per heavy atom. The number of piperidine rings is 1. The molecule has 1 saturated heterocycles. The standard InChI is InChI=1S/C28H32FN5O6/c1-27(2,31-26(38)39)24(36)30-20(16-40-21-12-8-7-11-19(21)29)23(35)34-14-13-22-28(17-34,25(37)33(3)32-22)15-18-9-5-4-6-10-18/h4-12,20,31H,13-17H2,1-3H3,(H,30,36)(H,38,39). The molecule has 4 rings (SSSR count). The van der Waals surface area contributed by atoms with Gasteiger partial charge in [-0.05, 0) is 38.0 Å². The lowest BCUT2D eigenvalue weighted by Crippen LogP contribution is -2.63. The van der Waals surface area contributed by atoms with Crippen LogP contribution in [0.15, 0.2) is 59.7 Å². The molecule has 2 aliphatic rings. The third kappa shape index (κ3) is 5.90. The molecule has 0 saturated carbocycles. The number of hydrazone groups is 1. The van der Waals surface area contributed by atoms with E-state index >= 15 is 0 Å². The molecule has 2 aromatic rings. The smallest absolute Gasteiger partial charge is 0.405 e. The zero-order valence-electron chi connectivity index (χ0n) is 22.5. The van der Waals surface area contributed by atoms with Crippen molar-refractivity contribution in [3.63, 3.8) is 0 Å². The van der Waals surface area contributed by atoms with E-state index in [1.165, 1.54) is 42.0 Å². The van der Waals surface area contributed by atoms with Gasteiger partial charge < -0.3 is 25.4 Å². The monoisotopic (exact) mass is 553 g/mol. The van der Waals surface area contributed by atoms with E-state index in [0.29, 0.717) is 18.6 Å². The normalized spacial score (nSPS) is 19.4. The van der Waals surface area contributed by atoms with Gasteiger partial charge in [-0.15, -0.1) is 0 Å². The molecule has 2 unspecified atom stereocenters. The summed E-state index contributed by atoms with van der Waals surface area (Å²) in [4.78, 5) is 53.1. The van der Waals surface area contributed by atoms with E-state index in [1.54, 1.807) is 13.1 Å². The molecule has 2 heterocycles. The highest BCUT2D eigenvalue weighted by Crippen LogP contribution is 2.38. The predicted octanol–water partition coefficient (Wildman–Crippen LogP) is 2.02. The van der Waals surface area contributed by atoms with Crippen molar-refractivity contribution < 1.29 is 33.4 Å². The second kappa shape index (κ2) is 11.3. The zero-order valence-corrected chi connectivity index (χ0v) is 22.5. The maximum atomic E-state index is 14.2. The highest BCUT2D eigenvalue weighted by Gasteiger charge is 2.54. The van der Waals surface area contributed by atoms with E-state index in [9.17, 15) is 23.6 Å². The molecule has 3 N–H and O–H groups in total. The number of carbonyl (C=O) groups excluding carboxylic acids is 3. The highest BCUT2D eigenvalue weighted by atomic mass is 19.1. The Balaban J connectivity index is 1.60.